The van der Waals surface area contributed by atoms with Crippen LogP contribution in [0.25, 0.3) is 5.69 Å². The van der Waals surface area contributed by atoms with E-state index in [0.29, 0.717) is 21.5 Å². The van der Waals surface area contributed by atoms with Crippen molar-refractivity contribution in [2.45, 2.75) is 30.2 Å². The number of benzene rings is 3. The van der Waals surface area contributed by atoms with Gasteiger partial charge in [0.1, 0.15) is 11.6 Å². The molecule has 4 aromatic rings. The Hall–Kier alpha value is -2.58. The second kappa shape index (κ2) is 11.5. The average molecular weight is 588 g/mol. The summed E-state index contributed by atoms with van der Waals surface area (Å²) in [7, 11) is 2.08. The van der Waals surface area contributed by atoms with E-state index in [9.17, 15) is 4.39 Å². The maximum Gasteiger partial charge on any atom is 0.173 e. The highest BCUT2D eigenvalue weighted by molar-refractivity contribution is 7.98. The van der Waals surface area contributed by atoms with Crippen LogP contribution in [0.1, 0.15) is 30.7 Å². The fourth-order valence-electron chi connectivity index (χ4n) is 4.84. The average Bonchev–Trinajstić information content (AvgIpc) is 3.35. The maximum atomic E-state index is 15.1. The summed E-state index contributed by atoms with van der Waals surface area (Å²) in [5.41, 5.74) is 3.69. The topological polar surface area (TPSA) is 24.3 Å². The van der Waals surface area contributed by atoms with Gasteiger partial charge in [-0.2, -0.15) is 0 Å². The number of aromatic nitrogens is 2. The minimum atomic E-state index is -0.495. The zero-order valence-electron chi connectivity index (χ0n) is 22.1. The summed E-state index contributed by atoms with van der Waals surface area (Å²) < 4.78 is 30.9. The maximum absolute atomic E-state index is 15.1. The molecule has 5 rings (SSSR count). The van der Waals surface area contributed by atoms with Gasteiger partial charge in [-0.25, -0.2) is 13.8 Å². The summed E-state index contributed by atoms with van der Waals surface area (Å²) in [5, 5.41) is 1.70. The van der Waals surface area contributed by atoms with Crippen LogP contribution < -0.4 is 4.90 Å². The van der Waals surface area contributed by atoms with Crippen molar-refractivity contribution in [3.8, 4) is 5.69 Å². The molecule has 0 unspecified atom stereocenters. The Kier molecular flexibility index (Phi) is 8.24. The van der Waals surface area contributed by atoms with E-state index in [-0.39, 0.29) is 11.6 Å². The van der Waals surface area contributed by atoms with Gasteiger partial charge in [0.15, 0.2) is 5.16 Å². The minimum absolute atomic E-state index is 0.207. The van der Waals surface area contributed by atoms with E-state index in [0.717, 1.165) is 53.8 Å². The molecule has 0 bridgehead atoms. The standard InChI is InChI=1S/C30H30Cl2F2N4S/c1-30(2,21-5-10-24(31)25(32)17-21)28-18-35-29(38(28)23-8-6-22(33)7-9-23)39-19-20-4-11-27(26(34)16-20)37-14-12-36(3)13-15-37/h4-11,16-18H,12-15,19H2,1-3H3. The molecule has 1 aliphatic rings. The van der Waals surface area contributed by atoms with Crippen LogP contribution in [0.5, 0.6) is 0 Å². The van der Waals surface area contributed by atoms with Crippen LogP contribution in [-0.4, -0.2) is 47.7 Å². The predicted molar refractivity (Wildman–Crippen MR) is 158 cm³/mol. The molecule has 0 amide bonds. The van der Waals surface area contributed by atoms with Crippen molar-refractivity contribution in [2.24, 2.45) is 0 Å². The number of nitrogens with zero attached hydrogens (tertiary/aromatic N) is 4. The van der Waals surface area contributed by atoms with Crippen molar-refractivity contribution >= 4 is 40.7 Å². The van der Waals surface area contributed by atoms with Gasteiger partial charge in [-0.05, 0) is 66.7 Å². The van der Waals surface area contributed by atoms with Crippen LogP contribution in [0.15, 0.2) is 72.0 Å². The van der Waals surface area contributed by atoms with Crippen molar-refractivity contribution in [3.63, 3.8) is 0 Å². The Balaban J connectivity index is 1.44. The molecule has 0 radical (unpaired) electrons. The smallest absolute Gasteiger partial charge is 0.173 e. The van der Waals surface area contributed by atoms with E-state index in [1.165, 1.54) is 23.9 Å². The number of thioether (sulfide) groups is 1. The monoisotopic (exact) mass is 586 g/mol. The van der Waals surface area contributed by atoms with Gasteiger partial charge in [-0.3, -0.25) is 4.57 Å². The molecule has 39 heavy (non-hydrogen) atoms. The highest BCUT2D eigenvalue weighted by Gasteiger charge is 2.30. The Labute approximate surface area is 242 Å². The second-order valence-electron chi connectivity index (χ2n) is 10.4. The fraction of sp³-hybridized carbons (Fsp3) is 0.300. The van der Waals surface area contributed by atoms with Gasteiger partial charge in [0.2, 0.25) is 0 Å². The largest absolute Gasteiger partial charge is 0.367 e. The van der Waals surface area contributed by atoms with Gasteiger partial charge < -0.3 is 9.80 Å². The summed E-state index contributed by atoms with van der Waals surface area (Å²) in [6.07, 6.45) is 1.84. The number of halogens is 4. The van der Waals surface area contributed by atoms with Crippen LogP contribution in [0.3, 0.4) is 0 Å². The normalized spacial score (nSPS) is 14.7. The molecule has 0 spiro atoms. The third-order valence-electron chi connectivity index (χ3n) is 7.32. The number of hydrogen-bond donors (Lipinski definition) is 0. The number of piperazine rings is 1. The van der Waals surface area contributed by atoms with Crippen molar-refractivity contribution in [3.05, 3.63) is 105 Å². The van der Waals surface area contributed by atoms with Gasteiger partial charge in [0.05, 0.1) is 27.6 Å². The van der Waals surface area contributed by atoms with Crippen molar-refractivity contribution in [2.75, 3.05) is 38.1 Å². The quantitative estimate of drug-likeness (QED) is 0.206. The van der Waals surface area contributed by atoms with Crippen LogP contribution in [-0.2, 0) is 11.2 Å². The lowest BCUT2D eigenvalue weighted by Gasteiger charge is -2.34. The Morgan fingerprint density at radius 3 is 2.28 bits per heavy atom. The molecule has 2 heterocycles. The first-order valence-corrected chi connectivity index (χ1v) is 14.5. The van der Waals surface area contributed by atoms with Crippen LogP contribution in [0, 0.1) is 11.6 Å². The highest BCUT2D eigenvalue weighted by Crippen LogP contribution is 2.38. The Morgan fingerprint density at radius 1 is 0.897 bits per heavy atom. The van der Waals surface area contributed by atoms with E-state index in [4.69, 9.17) is 28.2 Å². The molecule has 1 fully saturated rings. The number of imidazole rings is 1. The molecule has 9 heteroatoms. The van der Waals surface area contributed by atoms with Crippen LogP contribution >= 0.6 is 35.0 Å². The molecule has 0 atom stereocenters. The SMILES string of the molecule is CN1CCN(c2ccc(CSc3ncc(C(C)(C)c4ccc(Cl)c(Cl)c4)n3-c3ccc(F)cc3)cc2F)CC1. The lowest BCUT2D eigenvalue weighted by Crippen LogP contribution is -2.44. The molecular weight excluding hydrogens is 557 g/mol. The van der Waals surface area contributed by atoms with Gasteiger partial charge in [0, 0.05) is 43.0 Å². The molecule has 0 aliphatic carbocycles. The summed E-state index contributed by atoms with van der Waals surface area (Å²) in [6.45, 7) is 7.64. The zero-order chi connectivity index (χ0) is 27.7. The van der Waals surface area contributed by atoms with E-state index >= 15 is 4.39 Å². The van der Waals surface area contributed by atoms with E-state index in [1.807, 2.05) is 35.0 Å². The van der Waals surface area contributed by atoms with Crippen LogP contribution in [0.4, 0.5) is 14.5 Å². The molecule has 1 saturated heterocycles. The third-order valence-corrected chi connectivity index (χ3v) is 9.08. The molecule has 204 valence electrons. The lowest BCUT2D eigenvalue weighted by atomic mass is 9.81. The first kappa shape index (κ1) is 28.0. The number of rotatable bonds is 7. The van der Waals surface area contributed by atoms with Crippen molar-refractivity contribution in [1.29, 1.82) is 0 Å². The molecule has 1 aliphatic heterocycles. The third kappa shape index (κ3) is 5.97. The van der Waals surface area contributed by atoms with E-state index in [1.54, 1.807) is 24.3 Å². The predicted octanol–water partition coefficient (Wildman–Crippen LogP) is 7.83. The zero-order valence-corrected chi connectivity index (χ0v) is 24.4. The van der Waals surface area contributed by atoms with Crippen molar-refractivity contribution < 1.29 is 8.78 Å². The minimum Gasteiger partial charge on any atom is -0.367 e. The fourth-order valence-corrected chi connectivity index (χ4v) is 6.08. The molecule has 0 saturated carbocycles. The van der Waals surface area contributed by atoms with E-state index < -0.39 is 5.41 Å². The molecule has 0 N–H and O–H groups in total. The number of likely N-dealkylation sites (N-methyl/N-ethyl adjacent to an activating group) is 1. The Bertz CT molecular complexity index is 1460. The summed E-state index contributed by atoms with van der Waals surface area (Å²) in [6, 6.07) is 17.4. The molecule has 1 aromatic heterocycles. The van der Waals surface area contributed by atoms with E-state index in [2.05, 4.69) is 30.7 Å². The summed E-state index contributed by atoms with van der Waals surface area (Å²) in [4.78, 5) is 9.10. The molecular formula is C30H30Cl2F2N4S. The lowest BCUT2D eigenvalue weighted by molar-refractivity contribution is 0.311. The summed E-state index contributed by atoms with van der Waals surface area (Å²) in [5.74, 6) is 0.0142. The van der Waals surface area contributed by atoms with Gasteiger partial charge in [-0.1, -0.05) is 60.9 Å². The first-order valence-electron chi connectivity index (χ1n) is 12.8. The van der Waals surface area contributed by atoms with Gasteiger partial charge >= 0.3 is 0 Å². The van der Waals surface area contributed by atoms with Gasteiger partial charge in [-0.15, -0.1) is 0 Å². The van der Waals surface area contributed by atoms with Crippen molar-refractivity contribution in [1.82, 2.24) is 14.5 Å². The molecule has 4 nitrogen and oxygen atoms in total. The Morgan fingerprint density at radius 2 is 1.62 bits per heavy atom. The van der Waals surface area contributed by atoms with Crippen LogP contribution in [0.2, 0.25) is 10.0 Å². The van der Waals surface area contributed by atoms with Gasteiger partial charge in [0.25, 0.3) is 0 Å². The molecule has 3 aromatic carbocycles. The first-order chi connectivity index (χ1) is 18.6. The second-order valence-corrected chi connectivity index (χ2v) is 12.1. The highest BCUT2D eigenvalue weighted by atomic mass is 35.5. The number of anilines is 1. The number of hydrogen-bond acceptors (Lipinski definition) is 4. The summed E-state index contributed by atoms with van der Waals surface area (Å²) >= 11 is 14.0.